The van der Waals surface area contributed by atoms with Gasteiger partial charge in [-0.05, 0) is 11.6 Å². The van der Waals surface area contributed by atoms with E-state index in [1.807, 2.05) is 30.3 Å². The van der Waals surface area contributed by atoms with Gasteiger partial charge in [-0.3, -0.25) is 10.2 Å². The number of carboxylic acid groups (broad SMARTS) is 1. The molecule has 1 saturated heterocycles. The van der Waals surface area contributed by atoms with Gasteiger partial charge in [0.25, 0.3) is 0 Å². The van der Waals surface area contributed by atoms with Crippen LogP contribution in [0.15, 0.2) is 36.0 Å². The average Bonchev–Trinajstić information content (AvgIpc) is 2.33. The molecule has 0 bridgehead atoms. The molecule has 0 spiro atoms. The fourth-order valence-corrected chi connectivity index (χ4v) is 1.83. The summed E-state index contributed by atoms with van der Waals surface area (Å²) in [6, 6.07) is 9.54. The third-order valence-corrected chi connectivity index (χ3v) is 2.68. The standard InChI is InChI=1S/C12H15N3O2/c13-11-10(8-9-4-2-1-3-5-9)15(12(16)17)7-6-14-11/h1-5,8,11,14H,6-7,13H2,(H,16,17)/b10-8-. The maximum atomic E-state index is 11.1. The lowest BCUT2D eigenvalue weighted by Crippen LogP contribution is -2.54. The number of amides is 1. The van der Waals surface area contributed by atoms with E-state index in [1.165, 1.54) is 4.90 Å². The highest BCUT2D eigenvalue weighted by Gasteiger charge is 2.25. The number of rotatable bonds is 1. The van der Waals surface area contributed by atoms with Crippen LogP contribution in [0, 0.1) is 0 Å². The van der Waals surface area contributed by atoms with Crippen LogP contribution in [0.3, 0.4) is 0 Å². The lowest BCUT2D eigenvalue weighted by atomic mass is 10.1. The first-order valence-corrected chi connectivity index (χ1v) is 5.44. The van der Waals surface area contributed by atoms with Crippen LogP contribution in [0.2, 0.25) is 0 Å². The van der Waals surface area contributed by atoms with E-state index >= 15 is 0 Å². The molecule has 0 saturated carbocycles. The van der Waals surface area contributed by atoms with E-state index < -0.39 is 12.3 Å². The Balaban J connectivity index is 2.31. The summed E-state index contributed by atoms with van der Waals surface area (Å²) in [4.78, 5) is 12.4. The zero-order chi connectivity index (χ0) is 12.3. The van der Waals surface area contributed by atoms with Gasteiger partial charge in [-0.2, -0.15) is 0 Å². The van der Waals surface area contributed by atoms with Gasteiger partial charge in [-0.1, -0.05) is 30.3 Å². The summed E-state index contributed by atoms with van der Waals surface area (Å²) in [6.45, 7) is 0.987. The molecule has 1 aromatic carbocycles. The van der Waals surface area contributed by atoms with E-state index in [-0.39, 0.29) is 0 Å². The maximum Gasteiger partial charge on any atom is 0.411 e. The van der Waals surface area contributed by atoms with Gasteiger partial charge >= 0.3 is 6.09 Å². The summed E-state index contributed by atoms with van der Waals surface area (Å²) in [5, 5.41) is 12.1. The van der Waals surface area contributed by atoms with Gasteiger partial charge in [0.1, 0.15) is 0 Å². The number of hydrogen-bond acceptors (Lipinski definition) is 3. The molecule has 5 nitrogen and oxygen atoms in total. The van der Waals surface area contributed by atoms with Crippen LogP contribution < -0.4 is 11.1 Å². The van der Waals surface area contributed by atoms with E-state index in [1.54, 1.807) is 6.08 Å². The SMILES string of the molecule is NC1NCCN(C(=O)O)/C1=C\c1ccccc1. The van der Waals surface area contributed by atoms with Crippen LogP contribution >= 0.6 is 0 Å². The molecule has 1 amide bonds. The van der Waals surface area contributed by atoms with Crippen molar-refractivity contribution < 1.29 is 9.90 Å². The second-order valence-corrected chi connectivity index (χ2v) is 3.85. The van der Waals surface area contributed by atoms with E-state index in [0.717, 1.165) is 5.56 Å². The Morgan fingerprint density at radius 2 is 2.18 bits per heavy atom. The van der Waals surface area contributed by atoms with Crippen LogP contribution in [-0.4, -0.2) is 35.4 Å². The van der Waals surface area contributed by atoms with E-state index in [0.29, 0.717) is 18.8 Å². The normalized spacial score (nSPS) is 22.8. The Kier molecular flexibility index (Phi) is 3.41. The monoisotopic (exact) mass is 233 g/mol. The van der Waals surface area contributed by atoms with Gasteiger partial charge in [0.2, 0.25) is 0 Å². The topological polar surface area (TPSA) is 78.6 Å². The second-order valence-electron chi connectivity index (χ2n) is 3.85. The van der Waals surface area contributed by atoms with Crippen molar-refractivity contribution in [3.8, 4) is 0 Å². The molecule has 1 aliphatic rings. The van der Waals surface area contributed by atoms with Gasteiger partial charge < -0.3 is 10.8 Å². The number of hydrogen-bond donors (Lipinski definition) is 3. The second kappa shape index (κ2) is 4.99. The molecule has 0 aliphatic carbocycles. The van der Waals surface area contributed by atoms with Crippen LogP contribution in [0.5, 0.6) is 0 Å². The van der Waals surface area contributed by atoms with Crippen LogP contribution in [0.1, 0.15) is 5.56 Å². The summed E-state index contributed by atoms with van der Waals surface area (Å²) in [5.41, 5.74) is 7.39. The predicted octanol–water partition coefficient (Wildman–Crippen LogP) is 0.896. The molecule has 90 valence electrons. The average molecular weight is 233 g/mol. The molecule has 4 N–H and O–H groups in total. The molecule has 5 heteroatoms. The van der Waals surface area contributed by atoms with Crippen molar-refractivity contribution in [3.63, 3.8) is 0 Å². The smallest absolute Gasteiger partial charge is 0.411 e. The largest absolute Gasteiger partial charge is 0.465 e. The van der Waals surface area contributed by atoms with Crippen LogP contribution in [0.25, 0.3) is 6.08 Å². The van der Waals surface area contributed by atoms with Crippen molar-refractivity contribution in [1.29, 1.82) is 0 Å². The van der Waals surface area contributed by atoms with E-state index in [4.69, 9.17) is 10.8 Å². The predicted molar refractivity (Wildman–Crippen MR) is 65.1 cm³/mol. The van der Waals surface area contributed by atoms with Crippen LogP contribution in [-0.2, 0) is 0 Å². The van der Waals surface area contributed by atoms with Crippen molar-refractivity contribution in [1.82, 2.24) is 10.2 Å². The summed E-state index contributed by atoms with van der Waals surface area (Å²) in [7, 11) is 0. The molecule has 0 aromatic heterocycles. The minimum atomic E-state index is -0.968. The third-order valence-electron chi connectivity index (χ3n) is 2.68. The summed E-state index contributed by atoms with van der Waals surface area (Å²) >= 11 is 0. The molecule has 1 fully saturated rings. The molecular formula is C12H15N3O2. The Bertz CT molecular complexity index is 431. The Hall–Kier alpha value is -1.85. The number of benzene rings is 1. The molecule has 1 heterocycles. The molecular weight excluding hydrogens is 218 g/mol. The van der Waals surface area contributed by atoms with Gasteiger partial charge in [0, 0.05) is 13.1 Å². The zero-order valence-electron chi connectivity index (χ0n) is 9.34. The highest BCUT2D eigenvalue weighted by Crippen LogP contribution is 2.15. The van der Waals surface area contributed by atoms with E-state index in [2.05, 4.69) is 5.32 Å². The number of nitrogens with two attached hydrogens (primary N) is 1. The van der Waals surface area contributed by atoms with Gasteiger partial charge in [-0.25, -0.2) is 4.79 Å². The van der Waals surface area contributed by atoms with Crippen molar-refractivity contribution in [2.75, 3.05) is 13.1 Å². The molecule has 1 atom stereocenters. The molecule has 0 radical (unpaired) electrons. The van der Waals surface area contributed by atoms with Gasteiger partial charge in [-0.15, -0.1) is 0 Å². The number of carbonyl (C=O) groups is 1. The van der Waals surface area contributed by atoms with Gasteiger partial charge in [0.05, 0.1) is 11.9 Å². The minimum absolute atomic E-state index is 0.418. The fourth-order valence-electron chi connectivity index (χ4n) is 1.83. The zero-order valence-corrected chi connectivity index (χ0v) is 9.34. The summed E-state index contributed by atoms with van der Waals surface area (Å²) in [5.74, 6) is 0. The maximum absolute atomic E-state index is 11.1. The first kappa shape index (κ1) is 11.6. The van der Waals surface area contributed by atoms with E-state index in [9.17, 15) is 4.79 Å². The minimum Gasteiger partial charge on any atom is -0.465 e. The third kappa shape index (κ3) is 2.64. The lowest BCUT2D eigenvalue weighted by molar-refractivity contribution is 0.149. The van der Waals surface area contributed by atoms with Crippen LogP contribution in [0.4, 0.5) is 4.79 Å². The van der Waals surface area contributed by atoms with Crippen molar-refractivity contribution >= 4 is 12.2 Å². The summed E-state index contributed by atoms with van der Waals surface area (Å²) in [6.07, 6.45) is 0.384. The molecule has 17 heavy (non-hydrogen) atoms. The molecule has 2 rings (SSSR count). The Labute approximate surface area is 99.5 Å². The number of nitrogens with zero attached hydrogens (tertiary/aromatic N) is 1. The molecule has 1 unspecified atom stereocenters. The first-order valence-electron chi connectivity index (χ1n) is 5.44. The first-order chi connectivity index (χ1) is 8.18. The van der Waals surface area contributed by atoms with Crippen molar-refractivity contribution in [2.24, 2.45) is 5.73 Å². The molecule has 1 aromatic rings. The lowest BCUT2D eigenvalue weighted by Gasteiger charge is -2.32. The Morgan fingerprint density at radius 3 is 2.82 bits per heavy atom. The van der Waals surface area contributed by atoms with Crippen molar-refractivity contribution in [3.05, 3.63) is 41.6 Å². The summed E-state index contributed by atoms with van der Waals surface area (Å²) < 4.78 is 0. The highest BCUT2D eigenvalue weighted by atomic mass is 16.4. The Morgan fingerprint density at radius 1 is 1.47 bits per heavy atom. The quantitative estimate of drug-likeness (QED) is 0.673. The molecule has 1 aliphatic heterocycles. The number of piperazine rings is 1. The number of nitrogens with one attached hydrogen (secondary N) is 1. The fraction of sp³-hybridized carbons (Fsp3) is 0.250. The van der Waals surface area contributed by atoms with Crippen molar-refractivity contribution in [2.45, 2.75) is 6.17 Å². The highest BCUT2D eigenvalue weighted by molar-refractivity contribution is 5.71. The van der Waals surface area contributed by atoms with Gasteiger partial charge in [0.15, 0.2) is 0 Å².